The largest absolute Gasteiger partial charge is 0.469 e. The monoisotopic (exact) mass is 275 g/mol. The molecule has 4 nitrogen and oxygen atoms in total. The summed E-state index contributed by atoms with van der Waals surface area (Å²) in [5.41, 5.74) is 1.78. The van der Waals surface area contributed by atoms with Crippen LogP contribution < -0.4 is 5.32 Å². The van der Waals surface area contributed by atoms with Gasteiger partial charge in [0.25, 0.3) is 0 Å². The van der Waals surface area contributed by atoms with Crippen molar-refractivity contribution >= 4 is 11.9 Å². The van der Waals surface area contributed by atoms with E-state index in [2.05, 4.69) is 5.32 Å². The number of hydrogen-bond acceptors (Lipinski definition) is 3. The van der Waals surface area contributed by atoms with E-state index in [4.69, 9.17) is 4.74 Å². The first-order chi connectivity index (χ1) is 9.45. The number of carbonyl (C=O) groups excluding carboxylic acids is 2. The summed E-state index contributed by atoms with van der Waals surface area (Å²) in [6, 6.07) is 8.99. The number of nitrogens with one attached hydrogen (secondary N) is 1. The molecule has 4 heteroatoms. The number of amides is 1. The van der Waals surface area contributed by atoms with Crippen LogP contribution in [-0.4, -0.2) is 19.0 Å². The SMILES string of the molecule is COC(=O)[C@H](C)[C@H](NC(=O)C=C(C)C)c1ccccc1. The van der Waals surface area contributed by atoms with Crippen molar-refractivity contribution in [2.45, 2.75) is 26.8 Å². The van der Waals surface area contributed by atoms with Crippen LogP contribution in [0, 0.1) is 5.92 Å². The van der Waals surface area contributed by atoms with Crippen molar-refractivity contribution in [1.82, 2.24) is 5.32 Å². The molecular formula is C16H21NO3. The Hall–Kier alpha value is -2.10. The predicted molar refractivity (Wildman–Crippen MR) is 77.9 cm³/mol. The van der Waals surface area contributed by atoms with Crippen LogP contribution in [0.3, 0.4) is 0 Å². The molecule has 1 aromatic carbocycles. The highest BCUT2D eigenvalue weighted by atomic mass is 16.5. The van der Waals surface area contributed by atoms with Gasteiger partial charge in [-0.2, -0.15) is 0 Å². The quantitative estimate of drug-likeness (QED) is 0.664. The van der Waals surface area contributed by atoms with E-state index >= 15 is 0 Å². The fraction of sp³-hybridized carbons (Fsp3) is 0.375. The van der Waals surface area contributed by atoms with E-state index in [1.807, 2.05) is 44.2 Å². The standard InChI is InChI=1S/C16H21NO3/c1-11(2)10-14(18)17-15(12(3)16(19)20-4)13-8-6-5-7-9-13/h5-10,12,15H,1-4H3,(H,17,18)/t12-,15+/m1/s1. The lowest BCUT2D eigenvalue weighted by Crippen LogP contribution is -2.35. The van der Waals surface area contributed by atoms with Gasteiger partial charge >= 0.3 is 5.97 Å². The van der Waals surface area contributed by atoms with Crippen LogP contribution in [0.4, 0.5) is 0 Å². The van der Waals surface area contributed by atoms with Crippen molar-refractivity contribution in [2.24, 2.45) is 5.92 Å². The lowest BCUT2D eigenvalue weighted by molar-refractivity contribution is -0.146. The molecule has 0 aromatic heterocycles. The number of methoxy groups -OCH3 is 1. The molecule has 0 aliphatic carbocycles. The van der Waals surface area contributed by atoms with E-state index in [9.17, 15) is 9.59 Å². The Morgan fingerprint density at radius 3 is 2.30 bits per heavy atom. The molecule has 1 amide bonds. The molecule has 1 aromatic rings. The number of benzene rings is 1. The molecule has 0 unspecified atom stereocenters. The number of rotatable bonds is 5. The number of hydrogen-bond donors (Lipinski definition) is 1. The van der Waals surface area contributed by atoms with E-state index in [-0.39, 0.29) is 11.9 Å². The highest BCUT2D eigenvalue weighted by Gasteiger charge is 2.27. The number of allylic oxidation sites excluding steroid dienone is 1. The lowest BCUT2D eigenvalue weighted by atomic mass is 9.94. The molecule has 0 spiro atoms. The fourth-order valence-electron chi connectivity index (χ4n) is 1.94. The van der Waals surface area contributed by atoms with Gasteiger partial charge in [-0.1, -0.05) is 35.9 Å². The maximum atomic E-state index is 11.9. The minimum atomic E-state index is -0.461. The van der Waals surface area contributed by atoms with Gasteiger partial charge in [0.15, 0.2) is 0 Å². The molecule has 108 valence electrons. The van der Waals surface area contributed by atoms with Crippen molar-refractivity contribution in [3.05, 3.63) is 47.5 Å². The molecule has 0 radical (unpaired) electrons. The van der Waals surface area contributed by atoms with Gasteiger partial charge in [0.1, 0.15) is 0 Å². The van der Waals surface area contributed by atoms with Crippen LogP contribution in [0.1, 0.15) is 32.4 Å². The molecule has 1 rings (SSSR count). The second kappa shape index (κ2) is 7.48. The van der Waals surface area contributed by atoms with Gasteiger partial charge in [-0.3, -0.25) is 9.59 Å². The van der Waals surface area contributed by atoms with Crippen molar-refractivity contribution in [1.29, 1.82) is 0 Å². The van der Waals surface area contributed by atoms with Gasteiger partial charge in [-0.15, -0.1) is 0 Å². The zero-order chi connectivity index (χ0) is 15.1. The van der Waals surface area contributed by atoms with Crippen molar-refractivity contribution in [2.75, 3.05) is 7.11 Å². The average molecular weight is 275 g/mol. The Morgan fingerprint density at radius 2 is 1.80 bits per heavy atom. The van der Waals surface area contributed by atoms with Gasteiger partial charge in [0, 0.05) is 6.08 Å². The molecule has 0 saturated heterocycles. The predicted octanol–water partition coefficient (Wildman–Crippen LogP) is 2.62. The van der Waals surface area contributed by atoms with E-state index in [0.29, 0.717) is 0 Å². The summed E-state index contributed by atoms with van der Waals surface area (Å²) in [5, 5.41) is 2.86. The highest BCUT2D eigenvalue weighted by molar-refractivity contribution is 5.89. The van der Waals surface area contributed by atoms with E-state index < -0.39 is 12.0 Å². The number of carbonyl (C=O) groups is 2. The average Bonchev–Trinajstić information content (AvgIpc) is 2.43. The smallest absolute Gasteiger partial charge is 0.310 e. The summed E-state index contributed by atoms with van der Waals surface area (Å²) in [5.74, 6) is -1.03. The van der Waals surface area contributed by atoms with Gasteiger partial charge in [0.2, 0.25) is 5.91 Å². The summed E-state index contributed by atoms with van der Waals surface area (Å²) in [6.07, 6.45) is 1.51. The van der Waals surface area contributed by atoms with Crippen molar-refractivity contribution in [3.8, 4) is 0 Å². The minimum absolute atomic E-state index is 0.213. The third kappa shape index (κ3) is 4.53. The van der Waals surface area contributed by atoms with Crippen LogP contribution >= 0.6 is 0 Å². The second-order valence-corrected chi connectivity index (χ2v) is 4.93. The Labute approximate surface area is 119 Å². The van der Waals surface area contributed by atoms with Crippen LogP contribution in [0.25, 0.3) is 0 Å². The maximum Gasteiger partial charge on any atom is 0.310 e. The Kier molecular flexibility index (Phi) is 5.97. The molecule has 0 bridgehead atoms. The number of esters is 1. The first kappa shape index (κ1) is 16.0. The molecule has 0 saturated carbocycles. The van der Waals surface area contributed by atoms with E-state index in [1.165, 1.54) is 13.2 Å². The van der Waals surface area contributed by atoms with E-state index in [1.54, 1.807) is 6.92 Å². The van der Waals surface area contributed by atoms with Crippen LogP contribution in [0.15, 0.2) is 42.0 Å². The Bertz CT molecular complexity index is 490. The molecule has 20 heavy (non-hydrogen) atoms. The molecule has 0 aliphatic rings. The van der Waals surface area contributed by atoms with Gasteiger partial charge in [-0.05, 0) is 26.3 Å². The van der Waals surface area contributed by atoms with E-state index in [0.717, 1.165) is 11.1 Å². The molecule has 1 N–H and O–H groups in total. The first-order valence-electron chi connectivity index (χ1n) is 6.54. The lowest BCUT2D eigenvalue weighted by Gasteiger charge is -2.23. The third-order valence-electron chi connectivity index (χ3n) is 2.95. The molecule has 0 fully saturated rings. The summed E-state index contributed by atoms with van der Waals surface area (Å²) in [7, 11) is 1.35. The Morgan fingerprint density at radius 1 is 1.20 bits per heavy atom. The fourth-order valence-corrected chi connectivity index (χ4v) is 1.94. The normalized spacial score (nSPS) is 13.0. The third-order valence-corrected chi connectivity index (χ3v) is 2.95. The van der Waals surface area contributed by atoms with Crippen LogP contribution in [-0.2, 0) is 14.3 Å². The Balaban J connectivity index is 2.99. The van der Waals surface area contributed by atoms with Gasteiger partial charge in [0.05, 0.1) is 19.1 Å². The van der Waals surface area contributed by atoms with Crippen molar-refractivity contribution < 1.29 is 14.3 Å². The minimum Gasteiger partial charge on any atom is -0.469 e. The van der Waals surface area contributed by atoms with Gasteiger partial charge < -0.3 is 10.1 Å². The molecule has 0 aliphatic heterocycles. The summed E-state index contributed by atoms with van der Waals surface area (Å²) >= 11 is 0. The van der Waals surface area contributed by atoms with Crippen LogP contribution in [0.5, 0.6) is 0 Å². The molecule has 2 atom stereocenters. The maximum absolute atomic E-state index is 11.9. The summed E-state index contributed by atoms with van der Waals surface area (Å²) in [6.45, 7) is 5.44. The highest BCUT2D eigenvalue weighted by Crippen LogP contribution is 2.23. The zero-order valence-electron chi connectivity index (χ0n) is 12.3. The first-order valence-corrected chi connectivity index (χ1v) is 6.54. The topological polar surface area (TPSA) is 55.4 Å². The second-order valence-electron chi connectivity index (χ2n) is 4.93. The zero-order valence-corrected chi connectivity index (χ0v) is 12.3. The van der Waals surface area contributed by atoms with Gasteiger partial charge in [-0.25, -0.2) is 0 Å². The van der Waals surface area contributed by atoms with Crippen molar-refractivity contribution in [3.63, 3.8) is 0 Å². The van der Waals surface area contributed by atoms with Crippen LogP contribution in [0.2, 0.25) is 0 Å². The number of ether oxygens (including phenoxy) is 1. The molecular weight excluding hydrogens is 254 g/mol. The summed E-state index contributed by atoms with van der Waals surface area (Å²) in [4.78, 5) is 23.7. The summed E-state index contributed by atoms with van der Waals surface area (Å²) < 4.78 is 4.77. The molecule has 0 heterocycles.